The van der Waals surface area contributed by atoms with Crippen LogP contribution < -0.4 is 0 Å². The third-order valence-electron chi connectivity index (χ3n) is 3.81. The van der Waals surface area contributed by atoms with Crippen molar-refractivity contribution >= 4 is 11.8 Å². The Hall–Kier alpha value is -2.71. The molecule has 0 atom stereocenters. The number of thiocyanates is 1. The van der Waals surface area contributed by atoms with Gasteiger partial charge in [0.2, 0.25) is 0 Å². The fraction of sp³-hybridized carbons (Fsp3) is 0.136. The second-order valence-electron chi connectivity index (χ2n) is 5.52. The van der Waals surface area contributed by atoms with Crippen molar-refractivity contribution in [3.8, 4) is 27.7 Å². The fourth-order valence-electron chi connectivity index (χ4n) is 2.53. The van der Waals surface area contributed by atoms with Gasteiger partial charge in [0.1, 0.15) is 22.9 Å². The maximum absolute atomic E-state index is 14.5. The predicted molar refractivity (Wildman–Crippen MR) is 105 cm³/mol. The SMILES string of the molecule is CC.Cc1ccc(-c2ccc(-c3cc(F)c(SC#N)c(F)c3)c(F)c2)cc1. The van der Waals surface area contributed by atoms with E-state index < -0.39 is 17.5 Å². The number of rotatable bonds is 3. The molecule has 3 aromatic carbocycles. The summed E-state index contributed by atoms with van der Waals surface area (Å²) in [6.07, 6.45) is 0. The van der Waals surface area contributed by atoms with E-state index in [9.17, 15) is 13.2 Å². The molecule has 0 aromatic heterocycles. The van der Waals surface area contributed by atoms with E-state index >= 15 is 0 Å². The van der Waals surface area contributed by atoms with E-state index in [2.05, 4.69) is 0 Å². The molecule has 1 nitrogen and oxygen atoms in total. The summed E-state index contributed by atoms with van der Waals surface area (Å²) in [5, 5.41) is 10.2. The molecule has 3 rings (SSSR count). The molecule has 0 aliphatic carbocycles. The van der Waals surface area contributed by atoms with Crippen molar-refractivity contribution in [2.75, 3.05) is 0 Å². The molecular formula is C22H18F3NS. The first kappa shape index (κ1) is 20.6. The highest BCUT2D eigenvalue weighted by molar-refractivity contribution is 8.03. The van der Waals surface area contributed by atoms with E-state index in [1.54, 1.807) is 11.5 Å². The minimum atomic E-state index is -0.886. The lowest BCUT2D eigenvalue weighted by molar-refractivity contribution is 0.541. The van der Waals surface area contributed by atoms with Crippen molar-refractivity contribution in [1.82, 2.24) is 0 Å². The molecule has 0 spiro atoms. The van der Waals surface area contributed by atoms with Gasteiger partial charge in [-0.15, -0.1) is 0 Å². The summed E-state index contributed by atoms with van der Waals surface area (Å²) in [4.78, 5) is -0.386. The largest absolute Gasteiger partial charge is 0.206 e. The van der Waals surface area contributed by atoms with Gasteiger partial charge in [-0.1, -0.05) is 55.8 Å². The van der Waals surface area contributed by atoms with Crippen molar-refractivity contribution in [3.05, 3.63) is 77.6 Å². The van der Waals surface area contributed by atoms with Crippen molar-refractivity contribution in [1.29, 1.82) is 5.26 Å². The van der Waals surface area contributed by atoms with Gasteiger partial charge in [0, 0.05) is 5.56 Å². The molecule has 0 radical (unpaired) electrons. The van der Waals surface area contributed by atoms with Crippen LogP contribution in [0.2, 0.25) is 0 Å². The van der Waals surface area contributed by atoms with Crippen LogP contribution >= 0.6 is 11.8 Å². The van der Waals surface area contributed by atoms with Crippen molar-refractivity contribution in [2.24, 2.45) is 0 Å². The van der Waals surface area contributed by atoms with Gasteiger partial charge in [0.05, 0.1) is 4.90 Å². The van der Waals surface area contributed by atoms with Crippen LogP contribution in [0.1, 0.15) is 19.4 Å². The fourth-order valence-corrected chi connectivity index (χ4v) is 2.94. The maximum Gasteiger partial charge on any atom is 0.141 e. The summed E-state index contributed by atoms with van der Waals surface area (Å²) < 4.78 is 42.4. The summed E-state index contributed by atoms with van der Waals surface area (Å²) >= 11 is 0.399. The Morgan fingerprint density at radius 1 is 0.741 bits per heavy atom. The molecule has 0 saturated carbocycles. The van der Waals surface area contributed by atoms with Gasteiger partial charge in [-0.2, -0.15) is 5.26 Å². The standard InChI is InChI=1S/C20H12F3NS.C2H6/c1-12-2-4-13(5-3-12)14-6-7-16(17(21)8-14)15-9-18(22)20(25-11-24)19(23)10-15;1-2/h2-10H,1H3;1-2H3. The highest BCUT2D eigenvalue weighted by atomic mass is 32.2. The van der Waals surface area contributed by atoms with E-state index in [1.807, 2.05) is 45.0 Å². The van der Waals surface area contributed by atoms with E-state index in [0.717, 1.165) is 23.3 Å². The Bertz CT molecular complexity index is 953. The average Bonchev–Trinajstić information content (AvgIpc) is 2.66. The van der Waals surface area contributed by atoms with E-state index in [1.165, 1.54) is 12.1 Å². The Balaban J connectivity index is 0.00000126. The highest BCUT2D eigenvalue weighted by Gasteiger charge is 2.15. The van der Waals surface area contributed by atoms with E-state index in [4.69, 9.17) is 5.26 Å². The summed E-state index contributed by atoms with van der Waals surface area (Å²) in [7, 11) is 0. The van der Waals surface area contributed by atoms with Gasteiger partial charge >= 0.3 is 0 Å². The molecule has 0 amide bonds. The lowest BCUT2D eigenvalue weighted by Gasteiger charge is -2.09. The molecule has 0 fully saturated rings. The second kappa shape index (κ2) is 9.29. The quantitative estimate of drug-likeness (QED) is 0.348. The molecule has 5 heteroatoms. The van der Waals surface area contributed by atoms with Gasteiger partial charge in [0.25, 0.3) is 0 Å². The lowest BCUT2D eigenvalue weighted by Crippen LogP contribution is -1.92. The molecule has 27 heavy (non-hydrogen) atoms. The second-order valence-corrected chi connectivity index (χ2v) is 6.32. The molecule has 0 aliphatic heterocycles. The molecule has 0 unspecified atom stereocenters. The zero-order chi connectivity index (χ0) is 20.0. The number of halogens is 3. The number of hydrogen-bond donors (Lipinski definition) is 0. The Labute approximate surface area is 161 Å². The molecule has 0 N–H and O–H groups in total. The number of nitrogens with zero attached hydrogens (tertiary/aromatic N) is 1. The molecular weight excluding hydrogens is 367 g/mol. The number of nitriles is 1. The first-order valence-corrected chi connectivity index (χ1v) is 9.23. The van der Waals surface area contributed by atoms with Crippen LogP contribution in [0.3, 0.4) is 0 Å². The van der Waals surface area contributed by atoms with Gasteiger partial charge in [-0.05, 0) is 53.6 Å². The lowest BCUT2D eigenvalue weighted by atomic mass is 9.99. The number of hydrogen-bond acceptors (Lipinski definition) is 2. The third-order valence-corrected chi connectivity index (χ3v) is 4.50. The van der Waals surface area contributed by atoms with Crippen LogP contribution in [0.15, 0.2) is 59.5 Å². The topological polar surface area (TPSA) is 23.8 Å². The molecule has 138 valence electrons. The zero-order valence-electron chi connectivity index (χ0n) is 15.2. The Morgan fingerprint density at radius 2 is 1.26 bits per heavy atom. The van der Waals surface area contributed by atoms with E-state index in [-0.39, 0.29) is 16.0 Å². The predicted octanol–water partition coefficient (Wildman–Crippen LogP) is 7.35. The van der Waals surface area contributed by atoms with E-state index in [0.29, 0.717) is 17.3 Å². The van der Waals surface area contributed by atoms with Crippen molar-refractivity contribution in [2.45, 2.75) is 25.7 Å². The van der Waals surface area contributed by atoms with Crippen LogP contribution in [0.25, 0.3) is 22.3 Å². The summed E-state index contributed by atoms with van der Waals surface area (Å²) in [6, 6.07) is 14.2. The summed E-state index contributed by atoms with van der Waals surface area (Å²) in [6.45, 7) is 5.96. The molecule has 0 aliphatic rings. The van der Waals surface area contributed by atoms with Crippen molar-refractivity contribution < 1.29 is 13.2 Å². The number of thioether (sulfide) groups is 1. The molecule has 0 heterocycles. The Morgan fingerprint density at radius 3 is 1.78 bits per heavy atom. The van der Waals surface area contributed by atoms with Crippen LogP contribution in [0.4, 0.5) is 13.2 Å². The van der Waals surface area contributed by atoms with Crippen molar-refractivity contribution in [3.63, 3.8) is 0 Å². The average molecular weight is 385 g/mol. The Kier molecular flexibility index (Phi) is 7.09. The molecule has 0 saturated heterocycles. The first-order chi connectivity index (χ1) is 13.0. The van der Waals surface area contributed by atoms with Gasteiger partial charge in [-0.3, -0.25) is 0 Å². The third kappa shape index (κ3) is 4.72. The van der Waals surface area contributed by atoms with Crippen LogP contribution in [0.5, 0.6) is 0 Å². The summed E-state index contributed by atoms with van der Waals surface area (Å²) in [5.74, 6) is -2.34. The number of aryl methyl sites for hydroxylation is 1. The monoisotopic (exact) mass is 385 g/mol. The van der Waals surface area contributed by atoms with Gasteiger partial charge in [0.15, 0.2) is 0 Å². The van der Waals surface area contributed by atoms with Gasteiger partial charge < -0.3 is 0 Å². The maximum atomic E-state index is 14.5. The molecule has 0 bridgehead atoms. The normalized spacial score (nSPS) is 9.96. The number of benzene rings is 3. The smallest absolute Gasteiger partial charge is 0.141 e. The minimum absolute atomic E-state index is 0.0882. The van der Waals surface area contributed by atoms with Crippen LogP contribution in [-0.2, 0) is 0 Å². The first-order valence-electron chi connectivity index (χ1n) is 8.41. The highest BCUT2D eigenvalue weighted by Crippen LogP contribution is 2.33. The van der Waals surface area contributed by atoms with Gasteiger partial charge in [-0.25, -0.2) is 13.2 Å². The van der Waals surface area contributed by atoms with Crippen LogP contribution in [-0.4, -0.2) is 0 Å². The summed E-state index contributed by atoms with van der Waals surface area (Å²) in [5.41, 5.74) is 2.82. The minimum Gasteiger partial charge on any atom is -0.206 e. The molecule has 3 aromatic rings. The van der Waals surface area contributed by atoms with Crippen LogP contribution in [0, 0.1) is 35.0 Å². The zero-order valence-corrected chi connectivity index (χ0v) is 16.0.